The van der Waals surface area contributed by atoms with Crippen molar-refractivity contribution in [3.05, 3.63) is 77.4 Å². The standard InChI is InChI=1S/C23H18N2O4S/c1-28-19-11-5-8-15(12-18-21(26)24-23(30)25-22(18)27)20(19)29-13-16-9-4-7-14-6-2-3-10-17(14)16/h2-12H,13H2,1H3,(H2,24,25,26,27,30). The monoisotopic (exact) mass is 418 g/mol. The van der Waals surface area contributed by atoms with Crippen LogP contribution in [-0.4, -0.2) is 24.0 Å². The Kier molecular flexibility index (Phi) is 5.45. The molecule has 4 rings (SSSR count). The van der Waals surface area contributed by atoms with Crippen LogP contribution in [0.1, 0.15) is 11.1 Å². The largest absolute Gasteiger partial charge is 0.493 e. The van der Waals surface area contributed by atoms with Gasteiger partial charge in [-0.1, -0.05) is 54.6 Å². The highest BCUT2D eigenvalue weighted by atomic mass is 32.1. The lowest BCUT2D eigenvalue weighted by Crippen LogP contribution is -2.51. The van der Waals surface area contributed by atoms with Crippen LogP contribution in [0.25, 0.3) is 16.8 Å². The van der Waals surface area contributed by atoms with E-state index in [4.69, 9.17) is 21.7 Å². The lowest BCUT2D eigenvalue weighted by atomic mass is 10.0. The van der Waals surface area contributed by atoms with Crippen LogP contribution in [0.2, 0.25) is 0 Å². The van der Waals surface area contributed by atoms with E-state index in [2.05, 4.69) is 10.6 Å². The number of carbonyl (C=O) groups is 2. The number of amides is 2. The van der Waals surface area contributed by atoms with Gasteiger partial charge in [-0.25, -0.2) is 0 Å². The van der Waals surface area contributed by atoms with Gasteiger partial charge in [-0.05, 0) is 40.7 Å². The van der Waals surface area contributed by atoms with Crippen molar-refractivity contribution in [3.8, 4) is 11.5 Å². The third-order valence-corrected chi connectivity index (χ3v) is 4.93. The van der Waals surface area contributed by atoms with Gasteiger partial charge in [0.25, 0.3) is 11.8 Å². The minimum atomic E-state index is -0.563. The summed E-state index contributed by atoms with van der Waals surface area (Å²) in [4.78, 5) is 24.4. The maximum atomic E-state index is 12.2. The molecule has 1 heterocycles. The van der Waals surface area contributed by atoms with Crippen LogP contribution in [-0.2, 0) is 16.2 Å². The molecule has 6 nitrogen and oxygen atoms in total. The van der Waals surface area contributed by atoms with E-state index >= 15 is 0 Å². The van der Waals surface area contributed by atoms with E-state index in [0.29, 0.717) is 23.7 Å². The summed E-state index contributed by atoms with van der Waals surface area (Å²) < 4.78 is 11.6. The van der Waals surface area contributed by atoms with Crippen LogP contribution in [0.3, 0.4) is 0 Å². The molecule has 2 N–H and O–H groups in total. The Morgan fingerprint density at radius 1 is 0.933 bits per heavy atom. The van der Waals surface area contributed by atoms with Crippen LogP contribution >= 0.6 is 12.2 Å². The zero-order chi connectivity index (χ0) is 21.1. The number of hydrogen-bond donors (Lipinski definition) is 2. The van der Waals surface area contributed by atoms with Crippen molar-refractivity contribution in [2.45, 2.75) is 6.61 Å². The van der Waals surface area contributed by atoms with Gasteiger partial charge in [0.15, 0.2) is 16.6 Å². The minimum Gasteiger partial charge on any atom is -0.493 e. The van der Waals surface area contributed by atoms with Gasteiger partial charge in [0, 0.05) is 5.56 Å². The van der Waals surface area contributed by atoms with Crippen LogP contribution in [0.4, 0.5) is 0 Å². The Morgan fingerprint density at radius 2 is 1.63 bits per heavy atom. The summed E-state index contributed by atoms with van der Waals surface area (Å²) in [6.45, 7) is 0.292. The van der Waals surface area contributed by atoms with Gasteiger partial charge in [0.2, 0.25) is 0 Å². The molecule has 150 valence electrons. The van der Waals surface area contributed by atoms with E-state index in [-0.39, 0.29) is 10.7 Å². The molecule has 7 heteroatoms. The number of nitrogens with one attached hydrogen (secondary N) is 2. The second-order valence-electron chi connectivity index (χ2n) is 6.60. The van der Waals surface area contributed by atoms with Gasteiger partial charge in [-0.2, -0.15) is 0 Å². The molecule has 30 heavy (non-hydrogen) atoms. The zero-order valence-electron chi connectivity index (χ0n) is 16.1. The van der Waals surface area contributed by atoms with Gasteiger partial charge >= 0.3 is 0 Å². The molecule has 1 aliphatic rings. The van der Waals surface area contributed by atoms with Gasteiger partial charge in [0.05, 0.1) is 7.11 Å². The summed E-state index contributed by atoms with van der Waals surface area (Å²) in [5, 5.41) is 7.05. The van der Waals surface area contributed by atoms with E-state index in [9.17, 15) is 9.59 Å². The lowest BCUT2D eigenvalue weighted by Gasteiger charge is -2.18. The first-order valence-electron chi connectivity index (χ1n) is 9.21. The summed E-state index contributed by atoms with van der Waals surface area (Å²) in [6.07, 6.45) is 1.47. The normalized spacial score (nSPS) is 13.6. The van der Waals surface area contributed by atoms with Crippen molar-refractivity contribution in [2.75, 3.05) is 7.11 Å². The van der Waals surface area contributed by atoms with E-state index in [1.807, 2.05) is 42.5 Å². The van der Waals surface area contributed by atoms with Crippen LogP contribution in [0, 0.1) is 0 Å². The van der Waals surface area contributed by atoms with Gasteiger partial charge < -0.3 is 9.47 Å². The summed E-state index contributed by atoms with van der Waals surface area (Å²) >= 11 is 4.84. The molecule has 0 bridgehead atoms. The van der Waals surface area contributed by atoms with Crippen molar-refractivity contribution in [2.24, 2.45) is 0 Å². The van der Waals surface area contributed by atoms with Crippen molar-refractivity contribution in [1.29, 1.82) is 0 Å². The number of thiocarbonyl (C=S) groups is 1. The molecule has 0 aliphatic carbocycles. The molecule has 0 radical (unpaired) electrons. The third-order valence-electron chi connectivity index (χ3n) is 4.72. The highest BCUT2D eigenvalue weighted by Gasteiger charge is 2.26. The summed E-state index contributed by atoms with van der Waals surface area (Å²) in [7, 11) is 1.54. The number of hydrogen-bond acceptors (Lipinski definition) is 5. The first-order valence-corrected chi connectivity index (χ1v) is 9.62. The van der Waals surface area contributed by atoms with Crippen LogP contribution < -0.4 is 20.1 Å². The molecule has 1 fully saturated rings. The fraction of sp³-hybridized carbons (Fsp3) is 0.0870. The molecule has 3 aromatic rings. The predicted octanol–water partition coefficient (Wildman–Crippen LogP) is 3.34. The molecular weight excluding hydrogens is 400 g/mol. The average Bonchev–Trinajstić information content (AvgIpc) is 2.75. The average molecular weight is 418 g/mol. The number of rotatable bonds is 5. The van der Waals surface area contributed by atoms with Crippen molar-refractivity contribution in [1.82, 2.24) is 10.6 Å². The van der Waals surface area contributed by atoms with E-state index in [1.54, 1.807) is 18.2 Å². The molecule has 1 aliphatic heterocycles. The molecule has 1 saturated heterocycles. The molecule has 0 unspecified atom stereocenters. The quantitative estimate of drug-likeness (QED) is 0.378. The second-order valence-corrected chi connectivity index (χ2v) is 7.01. The molecule has 0 aromatic heterocycles. The van der Waals surface area contributed by atoms with E-state index in [1.165, 1.54) is 13.2 Å². The van der Waals surface area contributed by atoms with Crippen molar-refractivity contribution >= 4 is 46.0 Å². The molecule has 2 amide bonds. The Morgan fingerprint density at radius 3 is 2.40 bits per heavy atom. The van der Waals surface area contributed by atoms with Gasteiger partial charge in [-0.3, -0.25) is 20.2 Å². The second kappa shape index (κ2) is 8.34. The number of benzene rings is 3. The van der Waals surface area contributed by atoms with E-state index < -0.39 is 11.8 Å². The summed E-state index contributed by atoms with van der Waals surface area (Å²) in [5.74, 6) is -0.191. The fourth-order valence-electron chi connectivity index (χ4n) is 3.29. The number of ether oxygens (including phenoxy) is 2. The maximum Gasteiger partial charge on any atom is 0.263 e. The van der Waals surface area contributed by atoms with Crippen LogP contribution in [0.5, 0.6) is 11.5 Å². The SMILES string of the molecule is COc1cccc(C=C2C(=O)NC(=S)NC2=O)c1OCc1cccc2ccccc12. The van der Waals surface area contributed by atoms with Crippen molar-refractivity contribution in [3.63, 3.8) is 0 Å². The minimum absolute atomic E-state index is 0.0137. The summed E-state index contributed by atoms with van der Waals surface area (Å²) in [5.41, 5.74) is 1.49. The summed E-state index contributed by atoms with van der Waals surface area (Å²) in [6, 6.07) is 19.4. The van der Waals surface area contributed by atoms with Crippen LogP contribution in [0.15, 0.2) is 66.2 Å². The predicted molar refractivity (Wildman–Crippen MR) is 118 cm³/mol. The van der Waals surface area contributed by atoms with Gasteiger partial charge in [0.1, 0.15) is 12.2 Å². The smallest absolute Gasteiger partial charge is 0.263 e. The van der Waals surface area contributed by atoms with E-state index in [0.717, 1.165) is 16.3 Å². The lowest BCUT2D eigenvalue weighted by molar-refractivity contribution is -0.123. The topological polar surface area (TPSA) is 76.7 Å². The third kappa shape index (κ3) is 3.88. The molecule has 3 aromatic carbocycles. The highest BCUT2D eigenvalue weighted by Crippen LogP contribution is 2.34. The number of carbonyl (C=O) groups excluding carboxylic acids is 2. The Balaban J connectivity index is 1.69. The zero-order valence-corrected chi connectivity index (χ0v) is 16.9. The molecule has 0 atom stereocenters. The molecular formula is C23H18N2O4S. The molecule has 0 spiro atoms. The first kappa shape index (κ1) is 19.6. The van der Waals surface area contributed by atoms with Crippen molar-refractivity contribution < 1.29 is 19.1 Å². The fourth-order valence-corrected chi connectivity index (χ4v) is 3.48. The van der Waals surface area contributed by atoms with Gasteiger partial charge in [-0.15, -0.1) is 0 Å². The Hall–Kier alpha value is -3.71. The molecule has 0 saturated carbocycles. The Bertz CT molecular complexity index is 1180. The number of para-hydroxylation sites is 1. The first-order chi connectivity index (χ1) is 14.6. The maximum absolute atomic E-state index is 12.2. The number of fused-ring (bicyclic) bond motifs is 1. The number of methoxy groups -OCH3 is 1. The Labute approximate surface area is 178 Å². The highest BCUT2D eigenvalue weighted by molar-refractivity contribution is 7.80.